The summed E-state index contributed by atoms with van der Waals surface area (Å²) < 4.78 is 0. The molecule has 156 valence electrons. The summed E-state index contributed by atoms with van der Waals surface area (Å²) >= 11 is 0. The Balaban J connectivity index is 0.000000568. The lowest BCUT2D eigenvalue weighted by Gasteiger charge is -2.21. The first kappa shape index (κ1) is 23.6. The maximum absolute atomic E-state index is 12.3. The van der Waals surface area contributed by atoms with Gasteiger partial charge >= 0.3 is 11.9 Å². The lowest BCUT2D eigenvalue weighted by Crippen LogP contribution is -2.43. The molecule has 1 saturated carbocycles. The molecule has 1 unspecified atom stereocenters. The van der Waals surface area contributed by atoms with Gasteiger partial charge < -0.3 is 20.8 Å². The summed E-state index contributed by atoms with van der Waals surface area (Å²) in [5.41, 5.74) is 2.17. The summed E-state index contributed by atoms with van der Waals surface area (Å²) in [7, 11) is 0. The number of anilines is 1. The minimum absolute atomic E-state index is 0.0570. The van der Waals surface area contributed by atoms with Crippen LogP contribution < -0.4 is 10.6 Å². The van der Waals surface area contributed by atoms with E-state index in [0.29, 0.717) is 12.0 Å². The topological polar surface area (TPSA) is 116 Å². The molecule has 1 amide bonds. The number of benzene rings is 1. The van der Waals surface area contributed by atoms with Gasteiger partial charge in [0.25, 0.3) is 0 Å². The molecule has 7 heteroatoms. The van der Waals surface area contributed by atoms with E-state index in [1.54, 1.807) is 0 Å². The van der Waals surface area contributed by atoms with E-state index in [0.717, 1.165) is 5.69 Å². The van der Waals surface area contributed by atoms with Crippen molar-refractivity contribution in [2.75, 3.05) is 5.32 Å². The largest absolute Gasteiger partial charge is 0.473 e. The minimum atomic E-state index is -1.82. The standard InChI is InChI=1S/C19H30N2O.C2H2O4/c1-14(2)16-10-12-18(13-11-16)21-19(22)15(3)20-17-8-6-4-5-7-9-17;3-1(4)2(5)6/h10-15,17,20H,4-9H2,1-3H3,(H,21,22);(H,3,4)(H,5,6). The molecule has 1 atom stereocenters. The average molecular weight is 392 g/mol. The predicted octanol–water partition coefficient (Wildman–Crippen LogP) is 3.61. The number of carbonyl (C=O) groups is 3. The van der Waals surface area contributed by atoms with Crippen LogP contribution in [0.25, 0.3) is 0 Å². The quantitative estimate of drug-likeness (QED) is 0.449. The molecule has 1 aromatic carbocycles. The highest BCUT2D eigenvalue weighted by atomic mass is 16.4. The summed E-state index contributed by atoms with van der Waals surface area (Å²) in [6.45, 7) is 6.31. The molecule has 0 heterocycles. The van der Waals surface area contributed by atoms with Crippen molar-refractivity contribution in [2.45, 2.75) is 77.3 Å². The van der Waals surface area contributed by atoms with E-state index in [1.807, 2.05) is 19.1 Å². The van der Waals surface area contributed by atoms with Crippen LogP contribution in [0.3, 0.4) is 0 Å². The van der Waals surface area contributed by atoms with Crippen molar-refractivity contribution in [2.24, 2.45) is 0 Å². The number of carboxylic acid groups (broad SMARTS) is 2. The highest BCUT2D eigenvalue weighted by Gasteiger charge is 2.19. The van der Waals surface area contributed by atoms with E-state index in [-0.39, 0.29) is 11.9 Å². The second-order valence-corrected chi connectivity index (χ2v) is 7.45. The van der Waals surface area contributed by atoms with Crippen LogP contribution in [0.4, 0.5) is 5.69 Å². The van der Waals surface area contributed by atoms with Gasteiger partial charge in [-0.1, -0.05) is 51.7 Å². The lowest BCUT2D eigenvalue weighted by atomic mass is 10.0. The Hall–Kier alpha value is -2.41. The van der Waals surface area contributed by atoms with Crippen molar-refractivity contribution in [1.29, 1.82) is 0 Å². The fourth-order valence-electron chi connectivity index (χ4n) is 3.08. The SMILES string of the molecule is CC(NC1CCCCCC1)C(=O)Nc1ccc(C(C)C)cc1.O=C(O)C(=O)O. The molecule has 1 fully saturated rings. The van der Waals surface area contributed by atoms with Crippen LogP contribution in [0.15, 0.2) is 24.3 Å². The van der Waals surface area contributed by atoms with E-state index in [9.17, 15) is 4.79 Å². The lowest BCUT2D eigenvalue weighted by molar-refractivity contribution is -0.159. The summed E-state index contributed by atoms with van der Waals surface area (Å²) in [4.78, 5) is 30.5. The van der Waals surface area contributed by atoms with Crippen molar-refractivity contribution in [3.05, 3.63) is 29.8 Å². The zero-order valence-electron chi connectivity index (χ0n) is 16.9. The third-order valence-corrected chi connectivity index (χ3v) is 4.76. The molecule has 1 aromatic rings. The van der Waals surface area contributed by atoms with Gasteiger partial charge in [-0.05, 0) is 43.4 Å². The van der Waals surface area contributed by atoms with Gasteiger partial charge in [-0.15, -0.1) is 0 Å². The summed E-state index contributed by atoms with van der Waals surface area (Å²) in [6.07, 6.45) is 7.62. The molecule has 0 aromatic heterocycles. The van der Waals surface area contributed by atoms with E-state index < -0.39 is 11.9 Å². The first-order valence-electron chi connectivity index (χ1n) is 9.83. The van der Waals surface area contributed by atoms with Gasteiger partial charge in [-0.2, -0.15) is 0 Å². The van der Waals surface area contributed by atoms with E-state index in [1.165, 1.54) is 44.1 Å². The average Bonchev–Trinajstić information content (AvgIpc) is 2.91. The van der Waals surface area contributed by atoms with Crippen molar-refractivity contribution >= 4 is 23.5 Å². The van der Waals surface area contributed by atoms with E-state index >= 15 is 0 Å². The zero-order valence-corrected chi connectivity index (χ0v) is 16.9. The molecule has 4 N–H and O–H groups in total. The van der Waals surface area contributed by atoms with Crippen LogP contribution in [-0.2, 0) is 14.4 Å². The summed E-state index contributed by atoms with van der Waals surface area (Å²) in [6, 6.07) is 8.50. The van der Waals surface area contributed by atoms with Crippen molar-refractivity contribution < 1.29 is 24.6 Å². The maximum Gasteiger partial charge on any atom is 0.414 e. The summed E-state index contributed by atoms with van der Waals surface area (Å²) in [5, 5.41) is 21.3. The van der Waals surface area contributed by atoms with Gasteiger partial charge in [0.05, 0.1) is 6.04 Å². The molecule has 0 saturated heterocycles. The molecule has 0 spiro atoms. The fraction of sp³-hybridized carbons (Fsp3) is 0.571. The molecular formula is C21H32N2O5. The first-order chi connectivity index (χ1) is 13.2. The molecule has 0 bridgehead atoms. The van der Waals surface area contributed by atoms with Crippen molar-refractivity contribution in [3.63, 3.8) is 0 Å². The number of aliphatic carboxylic acids is 2. The Morgan fingerprint density at radius 3 is 1.82 bits per heavy atom. The van der Waals surface area contributed by atoms with Crippen LogP contribution in [0.5, 0.6) is 0 Å². The molecule has 0 aliphatic heterocycles. The normalized spacial score (nSPS) is 15.7. The van der Waals surface area contributed by atoms with E-state index in [4.69, 9.17) is 19.8 Å². The molecule has 7 nitrogen and oxygen atoms in total. The zero-order chi connectivity index (χ0) is 21.1. The van der Waals surface area contributed by atoms with Crippen LogP contribution >= 0.6 is 0 Å². The molecule has 1 aliphatic carbocycles. The number of hydrogen-bond donors (Lipinski definition) is 4. The number of carboxylic acids is 2. The number of carbonyl (C=O) groups excluding carboxylic acids is 1. The van der Waals surface area contributed by atoms with Crippen LogP contribution in [0.1, 0.15) is 70.8 Å². The van der Waals surface area contributed by atoms with Gasteiger partial charge in [0.15, 0.2) is 0 Å². The van der Waals surface area contributed by atoms with E-state index in [2.05, 4.69) is 36.6 Å². The monoisotopic (exact) mass is 392 g/mol. The van der Waals surface area contributed by atoms with Gasteiger partial charge in [-0.3, -0.25) is 4.79 Å². The smallest absolute Gasteiger partial charge is 0.414 e. The van der Waals surface area contributed by atoms with Gasteiger partial charge in [0, 0.05) is 11.7 Å². The number of hydrogen-bond acceptors (Lipinski definition) is 4. The molecule has 1 aliphatic rings. The molecule has 2 rings (SSSR count). The summed E-state index contributed by atoms with van der Waals surface area (Å²) in [5.74, 6) is -3.08. The Kier molecular flexibility index (Phi) is 10.2. The maximum atomic E-state index is 12.3. The van der Waals surface area contributed by atoms with Crippen molar-refractivity contribution in [1.82, 2.24) is 5.32 Å². The Morgan fingerprint density at radius 2 is 1.39 bits per heavy atom. The van der Waals surface area contributed by atoms with Crippen LogP contribution in [0.2, 0.25) is 0 Å². The van der Waals surface area contributed by atoms with Gasteiger partial charge in [-0.25, -0.2) is 9.59 Å². The van der Waals surface area contributed by atoms with Crippen LogP contribution in [0, 0.1) is 0 Å². The molecular weight excluding hydrogens is 360 g/mol. The fourth-order valence-corrected chi connectivity index (χ4v) is 3.08. The number of amides is 1. The molecule has 0 radical (unpaired) electrons. The van der Waals surface area contributed by atoms with Crippen LogP contribution in [-0.4, -0.2) is 40.1 Å². The molecule has 28 heavy (non-hydrogen) atoms. The minimum Gasteiger partial charge on any atom is -0.473 e. The predicted molar refractivity (Wildman–Crippen MR) is 109 cm³/mol. The first-order valence-corrected chi connectivity index (χ1v) is 9.83. The second kappa shape index (κ2) is 12.1. The third-order valence-electron chi connectivity index (χ3n) is 4.76. The van der Waals surface area contributed by atoms with Gasteiger partial charge in [0.2, 0.25) is 5.91 Å². The number of rotatable bonds is 5. The van der Waals surface area contributed by atoms with Gasteiger partial charge in [0.1, 0.15) is 0 Å². The number of nitrogens with one attached hydrogen (secondary N) is 2. The highest BCUT2D eigenvalue weighted by Crippen LogP contribution is 2.19. The Morgan fingerprint density at radius 1 is 0.893 bits per heavy atom. The highest BCUT2D eigenvalue weighted by molar-refractivity contribution is 6.27. The second-order valence-electron chi connectivity index (χ2n) is 7.45. The Bertz CT molecular complexity index is 623. The Labute approximate surface area is 166 Å². The third kappa shape index (κ3) is 8.99. The van der Waals surface area contributed by atoms with Crippen molar-refractivity contribution in [3.8, 4) is 0 Å².